The lowest BCUT2D eigenvalue weighted by Gasteiger charge is -2.19. The highest BCUT2D eigenvalue weighted by Crippen LogP contribution is 2.24. The zero-order valence-electron chi connectivity index (χ0n) is 21.3. The number of rotatable bonds is 13. The number of carbonyl (C=O) groups excluding carboxylic acids is 1. The minimum Gasteiger partial charge on any atom is -0.489 e. The van der Waals surface area contributed by atoms with E-state index in [0.717, 1.165) is 41.8 Å². The van der Waals surface area contributed by atoms with Crippen LogP contribution in [0.3, 0.4) is 0 Å². The van der Waals surface area contributed by atoms with Gasteiger partial charge in [-0.15, -0.1) is 0 Å². The van der Waals surface area contributed by atoms with Crippen molar-refractivity contribution in [3.63, 3.8) is 0 Å². The van der Waals surface area contributed by atoms with Crippen LogP contribution < -0.4 is 10.5 Å². The molecule has 3 aromatic carbocycles. The van der Waals surface area contributed by atoms with E-state index in [0.29, 0.717) is 19.8 Å². The van der Waals surface area contributed by atoms with Crippen LogP contribution in [-0.4, -0.2) is 26.1 Å². The molecular formula is C31H32N4O3. The molecule has 194 valence electrons. The van der Waals surface area contributed by atoms with Crippen molar-refractivity contribution >= 4 is 16.8 Å². The first-order chi connectivity index (χ1) is 18.6. The maximum Gasteiger partial charge on any atom is 0.268 e. The van der Waals surface area contributed by atoms with Crippen molar-refractivity contribution in [2.75, 3.05) is 0 Å². The van der Waals surface area contributed by atoms with Crippen LogP contribution in [0, 0.1) is 0 Å². The van der Waals surface area contributed by atoms with Gasteiger partial charge in [0.25, 0.3) is 5.91 Å². The van der Waals surface area contributed by atoms with E-state index in [1.54, 1.807) is 12.5 Å². The third-order valence-corrected chi connectivity index (χ3v) is 6.55. The van der Waals surface area contributed by atoms with Crippen molar-refractivity contribution in [2.24, 2.45) is 5.73 Å². The first-order valence-electron chi connectivity index (χ1n) is 12.9. The van der Waals surface area contributed by atoms with Crippen molar-refractivity contribution in [3.05, 3.63) is 120 Å². The van der Waals surface area contributed by atoms with Gasteiger partial charge in [-0.2, -0.15) is 0 Å². The number of fused-ring (bicyclic) bond motifs is 1. The molecule has 7 heteroatoms. The number of aryl methyl sites for hydroxylation is 1. The topological polar surface area (TPSA) is 84.3 Å². The van der Waals surface area contributed by atoms with Gasteiger partial charge in [-0.05, 0) is 47.6 Å². The molecule has 1 atom stereocenters. The van der Waals surface area contributed by atoms with Gasteiger partial charge >= 0.3 is 0 Å². The number of carbonyl (C=O) groups is 1. The van der Waals surface area contributed by atoms with Crippen LogP contribution in [0.15, 0.2) is 104 Å². The largest absolute Gasteiger partial charge is 0.489 e. The fourth-order valence-corrected chi connectivity index (χ4v) is 4.52. The molecule has 0 aliphatic rings. The van der Waals surface area contributed by atoms with Gasteiger partial charge in [0.2, 0.25) is 0 Å². The number of imidazole rings is 1. The second-order valence-corrected chi connectivity index (χ2v) is 9.38. The zero-order valence-corrected chi connectivity index (χ0v) is 21.3. The minimum absolute atomic E-state index is 0.0447. The third-order valence-electron chi connectivity index (χ3n) is 6.55. The van der Waals surface area contributed by atoms with Gasteiger partial charge < -0.3 is 24.3 Å². The lowest BCUT2D eigenvalue weighted by atomic mass is 10.1. The molecule has 1 amide bonds. The monoisotopic (exact) mass is 508 g/mol. The summed E-state index contributed by atoms with van der Waals surface area (Å²) in [5.74, 6) is 0.327. The molecule has 1 unspecified atom stereocenters. The number of hydrogen-bond donors (Lipinski definition) is 1. The first kappa shape index (κ1) is 25.3. The Morgan fingerprint density at radius 3 is 2.37 bits per heavy atom. The Kier molecular flexibility index (Phi) is 8.16. The Bertz CT molecular complexity index is 1460. The second kappa shape index (κ2) is 12.3. The zero-order chi connectivity index (χ0) is 26.2. The van der Waals surface area contributed by atoms with Crippen LogP contribution in [0.4, 0.5) is 0 Å². The Hall–Kier alpha value is -4.36. The minimum atomic E-state index is -0.530. The lowest BCUT2D eigenvalue weighted by Crippen LogP contribution is -2.20. The van der Waals surface area contributed by atoms with Gasteiger partial charge in [-0.3, -0.25) is 4.79 Å². The average Bonchev–Trinajstić information content (AvgIpc) is 3.59. The molecule has 0 radical (unpaired) electrons. The Balaban J connectivity index is 1.22. The average molecular weight is 509 g/mol. The summed E-state index contributed by atoms with van der Waals surface area (Å²) < 4.78 is 16.5. The molecular weight excluding hydrogens is 476 g/mol. The van der Waals surface area contributed by atoms with E-state index in [1.165, 1.54) is 5.39 Å². The van der Waals surface area contributed by atoms with Gasteiger partial charge in [-0.25, -0.2) is 4.98 Å². The van der Waals surface area contributed by atoms with Crippen molar-refractivity contribution in [2.45, 2.75) is 45.2 Å². The summed E-state index contributed by atoms with van der Waals surface area (Å²) in [4.78, 5) is 15.6. The maximum absolute atomic E-state index is 11.5. The van der Waals surface area contributed by atoms with Crippen LogP contribution in [0.25, 0.3) is 10.9 Å². The summed E-state index contributed by atoms with van der Waals surface area (Å²) in [5.41, 5.74) is 9.05. The quantitative estimate of drug-likeness (QED) is 0.225. The summed E-state index contributed by atoms with van der Waals surface area (Å²) in [6.45, 7) is 2.51. The van der Waals surface area contributed by atoms with E-state index >= 15 is 0 Å². The van der Waals surface area contributed by atoms with E-state index in [9.17, 15) is 4.79 Å². The van der Waals surface area contributed by atoms with E-state index < -0.39 is 5.91 Å². The molecule has 0 bridgehead atoms. The fraction of sp³-hybridized carbons (Fsp3) is 0.226. The van der Waals surface area contributed by atoms with Crippen LogP contribution >= 0.6 is 0 Å². The summed E-state index contributed by atoms with van der Waals surface area (Å²) in [5, 5.41) is 1.19. The van der Waals surface area contributed by atoms with E-state index in [-0.39, 0.29) is 11.8 Å². The molecule has 0 aliphatic carbocycles. The van der Waals surface area contributed by atoms with Gasteiger partial charge in [0.1, 0.15) is 18.1 Å². The van der Waals surface area contributed by atoms with Crippen LogP contribution in [0.2, 0.25) is 0 Å². The van der Waals surface area contributed by atoms with Gasteiger partial charge in [-0.1, -0.05) is 60.7 Å². The Morgan fingerprint density at radius 2 is 1.66 bits per heavy atom. The molecule has 0 saturated carbocycles. The molecule has 5 rings (SSSR count). The van der Waals surface area contributed by atoms with E-state index in [1.807, 2.05) is 47.0 Å². The normalized spacial score (nSPS) is 12.0. The maximum atomic E-state index is 11.5. The van der Waals surface area contributed by atoms with Gasteiger partial charge in [0, 0.05) is 31.5 Å². The molecule has 2 aromatic heterocycles. The van der Waals surface area contributed by atoms with Crippen molar-refractivity contribution in [1.82, 2.24) is 14.1 Å². The molecule has 0 aliphatic heterocycles. The predicted molar refractivity (Wildman–Crippen MR) is 148 cm³/mol. The highest BCUT2D eigenvalue weighted by molar-refractivity contribution is 5.90. The van der Waals surface area contributed by atoms with Gasteiger partial charge in [0.15, 0.2) is 0 Å². The molecule has 2 heterocycles. The van der Waals surface area contributed by atoms with Crippen molar-refractivity contribution < 1.29 is 14.3 Å². The SMILES string of the molecule is NC(=O)c1cn(CC(CCCn2ccc3ccc(OCc4ccccc4)cc32)OCc2ccccc2)cn1. The second-order valence-electron chi connectivity index (χ2n) is 9.38. The highest BCUT2D eigenvalue weighted by Gasteiger charge is 2.13. The van der Waals surface area contributed by atoms with E-state index in [2.05, 4.69) is 58.2 Å². The number of benzene rings is 3. The third kappa shape index (κ3) is 6.69. The standard InChI is InChI=1S/C31H32N4O3/c32-31(36)29-20-34(23-33-29)19-28(38-22-25-10-5-2-6-11-25)12-7-16-35-17-15-26-13-14-27(18-30(26)35)37-21-24-8-3-1-4-9-24/h1-6,8-11,13-15,17-18,20,23,28H,7,12,16,19,21-22H2,(H2,32,36). The number of nitrogens with two attached hydrogens (primary N) is 1. The number of nitrogens with zero attached hydrogens (tertiary/aromatic N) is 3. The summed E-state index contributed by atoms with van der Waals surface area (Å²) in [6.07, 6.45) is 7.17. The van der Waals surface area contributed by atoms with Crippen LogP contribution in [-0.2, 0) is 31.0 Å². The number of hydrogen-bond acceptors (Lipinski definition) is 4. The van der Waals surface area contributed by atoms with Gasteiger partial charge in [0.05, 0.1) is 24.6 Å². The summed E-state index contributed by atoms with van der Waals surface area (Å²) >= 11 is 0. The molecule has 38 heavy (non-hydrogen) atoms. The first-order valence-corrected chi connectivity index (χ1v) is 12.9. The Morgan fingerprint density at radius 1 is 0.921 bits per heavy atom. The van der Waals surface area contributed by atoms with Crippen LogP contribution in [0.5, 0.6) is 5.75 Å². The molecule has 2 N–H and O–H groups in total. The highest BCUT2D eigenvalue weighted by atomic mass is 16.5. The predicted octanol–water partition coefficient (Wildman–Crippen LogP) is 5.58. The molecule has 0 fully saturated rings. The fourth-order valence-electron chi connectivity index (χ4n) is 4.52. The number of ether oxygens (including phenoxy) is 2. The smallest absolute Gasteiger partial charge is 0.268 e. The van der Waals surface area contributed by atoms with Crippen molar-refractivity contribution in [3.8, 4) is 5.75 Å². The van der Waals surface area contributed by atoms with Crippen molar-refractivity contribution in [1.29, 1.82) is 0 Å². The summed E-state index contributed by atoms with van der Waals surface area (Å²) in [6, 6.07) is 28.7. The van der Waals surface area contributed by atoms with Crippen LogP contribution in [0.1, 0.15) is 34.5 Å². The molecule has 0 saturated heterocycles. The number of aromatic nitrogens is 3. The number of primary amides is 1. The lowest BCUT2D eigenvalue weighted by molar-refractivity contribution is 0.0218. The molecule has 5 aromatic rings. The molecule has 0 spiro atoms. The Labute approximate surface area is 222 Å². The number of amides is 1. The molecule has 7 nitrogen and oxygen atoms in total. The van der Waals surface area contributed by atoms with E-state index in [4.69, 9.17) is 15.2 Å². The summed E-state index contributed by atoms with van der Waals surface area (Å²) in [7, 11) is 0.